The maximum absolute atomic E-state index is 12.4. The van der Waals surface area contributed by atoms with Crippen LogP contribution in [0.4, 0.5) is 0 Å². The second-order valence-electron chi connectivity index (χ2n) is 5.85. The van der Waals surface area contributed by atoms with Gasteiger partial charge in [0, 0.05) is 0 Å². The molecule has 6 nitrogen and oxygen atoms in total. The molecule has 1 atom stereocenters. The van der Waals surface area contributed by atoms with Crippen molar-refractivity contribution in [2.75, 3.05) is 0 Å². The van der Waals surface area contributed by atoms with Gasteiger partial charge in [-0.2, -0.15) is 9.98 Å². The summed E-state index contributed by atoms with van der Waals surface area (Å²) in [7, 11) is -3.98. The highest BCUT2D eigenvalue weighted by atomic mass is 32.2. The Balaban J connectivity index is 3.24. The predicted octanol–water partition coefficient (Wildman–Crippen LogP) is 1.64. The van der Waals surface area contributed by atoms with Crippen molar-refractivity contribution in [3.8, 4) is 6.07 Å². The molecule has 0 bridgehead atoms. The third-order valence-corrected chi connectivity index (χ3v) is 4.56. The number of nitriles is 1. The first-order chi connectivity index (χ1) is 9.49. The van der Waals surface area contributed by atoms with Crippen molar-refractivity contribution >= 4 is 16.0 Å². The SMILES string of the molecule is Cc1cc(C#N)ccc1S(=O)(=O)N[C@H](C(=O)O)C(C)(C)C. The topological polar surface area (TPSA) is 107 Å². The third-order valence-electron chi connectivity index (χ3n) is 2.98. The average Bonchev–Trinajstić information content (AvgIpc) is 2.33. The minimum Gasteiger partial charge on any atom is -0.480 e. The Morgan fingerprint density at radius 1 is 1.38 bits per heavy atom. The molecule has 1 rings (SSSR count). The normalized spacial score (nSPS) is 13.5. The van der Waals surface area contributed by atoms with Crippen molar-refractivity contribution in [1.29, 1.82) is 5.26 Å². The van der Waals surface area contributed by atoms with E-state index in [9.17, 15) is 18.3 Å². The summed E-state index contributed by atoms with van der Waals surface area (Å²) >= 11 is 0. The number of sulfonamides is 1. The molecule has 21 heavy (non-hydrogen) atoms. The Labute approximate surface area is 124 Å². The quantitative estimate of drug-likeness (QED) is 0.879. The van der Waals surface area contributed by atoms with E-state index in [-0.39, 0.29) is 4.90 Å². The minimum atomic E-state index is -3.98. The molecule has 0 unspecified atom stereocenters. The summed E-state index contributed by atoms with van der Waals surface area (Å²) in [5.74, 6) is -1.24. The Morgan fingerprint density at radius 3 is 2.33 bits per heavy atom. The van der Waals surface area contributed by atoms with Crippen LogP contribution in [0.2, 0.25) is 0 Å². The molecule has 1 aromatic carbocycles. The first-order valence-electron chi connectivity index (χ1n) is 6.25. The van der Waals surface area contributed by atoms with Gasteiger partial charge in [-0.1, -0.05) is 20.8 Å². The number of aryl methyl sites for hydroxylation is 1. The van der Waals surface area contributed by atoms with Gasteiger partial charge in [0.15, 0.2) is 0 Å². The van der Waals surface area contributed by atoms with Crippen LogP contribution in [0.5, 0.6) is 0 Å². The van der Waals surface area contributed by atoms with Gasteiger partial charge in [-0.05, 0) is 36.1 Å². The summed E-state index contributed by atoms with van der Waals surface area (Å²) in [6.45, 7) is 6.47. The van der Waals surface area contributed by atoms with Crippen LogP contribution in [0.3, 0.4) is 0 Å². The van der Waals surface area contributed by atoms with E-state index >= 15 is 0 Å². The molecule has 0 fully saturated rings. The highest BCUT2D eigenvalue weighted by Crippen LogP contribution is 2.23. The van der Waals surface area contributed by atoms with Crippen molar-refractivity contribution in [3.05, 3.63) is 29.3 Å². The van der Waals surface area contributed by atoms with Gasteiger partial charge < -0.3 is 5.11 Å². The van der Waals surface area contributed by atoms with E-state index in [1.165, 1.54) is 18.2 Å². The molecular formula is C14H18N2O4S. The summed E-state index contributed by atoms with van der Waals surface area (Å²) < 4.78 is 26.9. The first kappa shape index (κ1) is 17.1. The van der Waals surface area contributed by atoms with Crippen LogP contribution >= 0.6 is 0 Å². The molecule has 0 amide bonds. The fourth-order valence-electron chi connectivity index (χ4n) is 1.84. The molecule has 0 radical (unpaired) electrons. The van der Waals surface area contributed by atoms with Crippen molar-refractivity contribution in [3.63, 3.8) is 0 Å². The van der Waals surface area contributed by atoms with Crippen molar-refractivity contribution < 1.29 is 18.3 Å². The van der Waals surface area contributed by atoms with Crippen molar-refractivity contribution in [2.45, 2.75) is 38.6 Å². The van der Waals surface area contributed by atoms with Gasteiger partial charge in [0.2, 0.25) is 10.0 Å². The van der Waals surface area contributed by atoms with Gasteiger partial charge in [0.1, 0.15) is 6.04 Å². The number of hydrogen-bond donors (Lipinski definition) is 2. The van der Waals surface area contributed by atoms with Crippen LogP contribution in [-0.4, -0.2) is 25.5 Å². The molecule has 0 aliphatic rings. The van der Waals surface area contributed by atoms with Gasteiger partial charge in [-0.25, -0.2) is 8.42 Å². The van der Waals surface area contributed by atoms with Crippen molar-refractivity contribution in [2.24, 2.45) is 5.41 Å². The van der Waals surface area contributed by atoms with Crippen LogP contribution in [0, 0.1) is 23.7 Å². The number of nitrogens with zero attached hydrogens (tertiary/aromatic N) is 1. The molecule has 0 aliphatic carbocycles. The van der Waals surface area contributed by atoms with Gasteiger partial charge in [0.05, 0.1) is 16.5 Å². The number of benzene rings is 1. The van der Waals surface area contributed by atoms with E-state index in [0.717, 1.165) is 0 Å². The fourth-order valence-corrected chi connectivity index (χ4v) is 3.46. The number of carboxylic acid groups (broad SMARTS) is 1. The van der Waals surface area contributed by atoms with Crippen LogP contribution in [0.25, 0.3) is 0 Å². The highest BCUT2D eigenvalue weighted by Gasteiger charge is 2.35. The maximum Gasteiger partial charge on any atom is 0.322 e. The molecule has 0 heterocycles. The Morgan fingerprint density at radius 2 is 1.95 bits per heavy atom. The standard InChI is InChI=1S/C14H18N2O4S/c1-9-7-10(8-15)5-6-11(9)21(19,20)16-12(13(17)18)14(2,3)4/h5-7,12,16H,1-4H3,(H,17,18)/t12-/m1/s1. The van der Waals surface area contributed by atoms with Crippen molar-refractivity contribution in [1.82, 2.24) is 4.72 Å². The first-order valence-corrected chi connectivity index (χ1v) is 7.73. The summed E-state index contributed by atoms with van der Waals surface area (Å²) in [6.07, 6.45) is 0. The number of hydrogen-bond acceptors (Lipinski definition) is 4. The number of nitrogens with one attached hydrogen (secondary N) is 1. The molecular weight excluding hydrogens is 292 g/mol. The van der Waals surface area contributed by atoms with E-state index in [1.54, 1.807) is 27.7 Å². The Hall–Kier alpha value is -1.91. The zero-order valence-corrected chi connectivity index (χ0v) is 13.2. The lowest BCUT2D eigenvalue weighted by atomic mass is 9.88. The summed E-state index contributed by atoms with van der Waals surface area (Å²) in [5.41, 5.74) is -0.0454. The van der Waals surface area contributed by atoms with Crippen LogP contribution in [0.1, 0.15) is 31.9 Å². The predicted molar refractivity (Wildman–Crippen MR) is 77.1 cm³/mol. The fraction of sp³-hybridized carbons (Fsp3) is 0.429. The number of aliphatic carboxylic acids is 1. The minimum absolute atomic E-state index is 0.0306. The summed E-state index contributed by atoms with van der Waals surface area (Å²) in [4.78, 5) is 11.2. The molecule has 0 aromatic heterocycles. The molecule has 1 aromatic rings. The number of carboxylic acids is 1. The molecule has 0 saturated carbocycles. The third kappa shape index (κ3) is 4.03. The maximum atomic E-state index is 12.4. The van der Waals surface area contributed by atoms with E-state index in [4.69, 9.17) is 5.26 Å². The Bertz CT molecular complexity index is 697. The highest BCUT2D eigenvalue weighted by molar-refractivity contribution is 7.89. The molecule has 0 saturated heterocycles. The molecule has 0 aliphatic heterocycles. The van der Waals surface area contributed by atoms with Gasteiger partial charge in [-0.3, -0.25) is 4.79 Å². The Kier molecular flexibility index (Phi) is 4.76. The largest absolute Gasteiger partial charge is 0.480 e. The van der Waals surface area contributed by atoms with E-state index in [2.05, 4.69) is 4.72 Å². The summed E-state index contributed by atoms with van der Waals surface area (Å²) in [5, 5.41) is 18.0. The van der Waals surface area contributed by atoms with Gasteiger partial charge >= 0.3 is 5.97 Å². The summed E-state index contributed by atoms with van der Waals surface area (Å²) in [6, 6.07) is 4.80. The van der Waals surface area contributed by atoms with E-state index < -0.39 is 27.4 Å². The van der Waals surface area contributed by atoms with Crippen LogP contribution in [0.15, 0.2) is 23.1 Å². The lowest BCUT2D eigenvalue weighted by molar-refractivity contribution is -0.141. The second kappa shape index (κ2) is 5.84. The molecule has 0 spiro atoms. The zero-order chi connectivity index (χ0) is 16.4. The zero-order valence-electron chi connectivity index (χ0n) is 12.3. The second-order valence-corrected chi connectivity index (χ2v) is 7.53. The molecule has 2 N–H and O–H groups in total. The van der Waals surface area contributed by atoms with E-state index in [0.29, 0.717) is 11.1 Å². The molecule has 114 valence electrons. The van der Waals surface area contributed by atoms with E-state index in [1.807, 2.05) is 6.07 Å². The average molecular weight is 310 g/mol. The van der Waals surface area contributed by atoms with Gasteiger partial charge in [-0.15, -0.1) is 0 Å². The van der Waals surface area contributed by atoms with Crippen LogP contribution in [-0.2, 0) is 14.8 Å². The number of rotatable bonds is 4. The van der Waals surface area contributed by atoms with Crippen LogP contribution < -0.4 is 4.72 Å². The molecule has 7 heteroatoms. The lowest BCUT2D eigenvalue weighted by Crippen LogP contribution is -2.49. The monoisotopic (exact) mass is 310 g/mol. The number of carbonyl (C=O) groups is 1. The lowest BCUT2D eigenvalue weighted by Gasteiger charge is -2.27. The van der Waals surface area contributed by atoms with Gasteiger partial charge in [0.25, 0.3) is 0 Å². The smallest absolute Gasteiger partial charge is 0.322 e.